The van der Waals surface area contributed by atoms with Crippen molar-refractivity contribution in [3.8, 4) is 0 Å². The van der Waals surface area contributed by atoms with E-state index in [4.69, 9.17) is 5.73 Å². The summed E-state index contributed by atoms with van der Waals surface area (Å²) < 4.78 is 0. The Kier molecular flexibility index (Phi) is 3.34. The van der Waals surface area contributed by atoms with Gasteiger partial charge >= 0.3 is 0 Å². The number of aromatic nitrogens is 1. The lowest BCUT2D eigenvalue weighted by molar-refractivity contribution is 0.201. The van der Waals surface area contributed by atoms with Crippen molar-refractivity contribution in [1.29, 1.82) is 0 Å². The third-order valence-corrected chi connectivity index (χ3v) is 3.07. The number of hydrogen-bond acceptors (Lipinski definition) is 3. The Hall–Kier alpha value is -0.930. The van der Waals surface area contributed by atoms with E-state index in [1.165, 1.54) is 30.5 Å². The van der Waals surface area contributed by atoms with Crippen LogP contribution in [0.15, 0.2) is 18.5 Å². The molecule has 15 heavy (non-hydrogen) atoms. The van der Waals surface area contributed by atoms with E-state index in [9.17, 15) is 0 Å². The molecule has 2 N–H and O–H groups in total. The molecule has 1 unspecified atom stereocenters. The van der Waals surface area contributed by atoms with Gasteiger partial charge in [-0.3, -0.25) is 9.88 Å². The molecule has 3 nitrogen and oxygen atoms in total. The fourth-order valence-electron chi connectivity index (χ4n) is 2.16. The first-order valence-electron chi connectivity index (χ1n) is 5.63. The van der Waals surface area contributed by atoms with Crippen molar-refractivity contribution in [3.63, 3.8) is 0 Å². The lowest BCUT2D eigenvalue weighted by atomic mass is 10.0. The molecule has 1 aliphatic heterocycles. The summed E-state index contributed by atoms with van der Waals surface area (Å²) in [5.41, 5.74) is 8.61. The van der Waals surface area contributed by atoms with Gasteiger partial charge in [0.15, 0.2) is 0 Å². The number of nitrogens with two attached hydrogens (primary N) is 1. The van der Waals surface area contributed by atoms with Gasteiger partial charge in [-0.1, -0.05) is 0 Å². The molecule has 0 saturated carbocycles. The quantitative estimate of drug-likeness (QED) is 0.791. The summed E-state index contributed by atoms with van der Waals surface area (Å²) in [6.07, 6.45) is 6.20. The fraction of sp³-hybridized carbons (Fsp3) is 0.583. The maximum absolute atomic E-state index is 5.96. The highest BCUT2D eigenvalue weighted by molar-refractivity contribution is 5.21. The molecule has 0 amide bonds. The zero-order valence-electron chi connectivity index (χ0n) is 9.32. The summed E-state index contributed by atoms with van der Waals surface area (Å²) in [6.45, 7) is 5.34. The Morgan fingerprint density at radius 2 is 2.47 bits per heavy atom. The molecule has 1 fully saturated rings. The molecule has 0 aromatic carbocycles. The third kappa shape index (κ3) is 2.76. The number of rotatable bonds is 2. The minimum atomic E-state index is 0.362. The van der Waals surface area contributed by atoms with Gasteiger partial charge in [0.2, 0.25) is 0 Å². The van der Waals surface area contributed by atoms with Crippen molar-refractivity contribution in [3.05, 3.63) is 29.6 Å². The Balaban J connectivity index is 1.99. The van der Waals surface area contributed by atoms with Crippen LogP contribution in [0.4, 0.5) is 0 Å². The minimum absolute atomic E-state index is 0.362. The van der Waals surface area contributed by atoms with Crippen molar-refractivity contribution in [2.24, 2.45) is 5.73 Å². The van der Waals surface area contributed by atoms with Gasteiger partial charge in [0.1, 0.15) is 0 Å². The normalized spacial score (nSPS) is 22.9. The first kappa shape index (κ1) is 10.6. The zero-order valence-corrected chi connectivity index (χ0v) is 9.32. The second-order valence-electron chi connectivity index (χ2n) is 4.44. The van der Waals surface area contributed by atoms with Gasteiger partial charge in [-0.05, 0) is 43.5 Å². The van der Waals surface area contributed by atoms with Gasteiger partial charge in [0.25, 0.3) is 0 Å². The van der Waals surface area contributed by atoms with Gasteiger partial charge in [-0.15, -0.1) is 0 Å². The highest BCUT2D eigenvalue weighted by Gasteiger charge is 2.16. The average molecular weight is 205 g/mol. The second-order valence-corrected chi connectivity index (χ2v) is 4.44. The van der Waals surface area contributed by atoms with Crippen LogP contribution in [0.3, 0.4) is 0 Å². The lowest BCUT2D eigenvalue weighted by Gasteiger charge is -2.30. The molecule has 3 heteroatoms. The van der Waals surface area contributed by atoms with Crippen molar-refractivity contribution in [1.82, 2.24) is 9.88 Å². The molecular weight excluding hydrogens is 186 g/mol. The van der Waals surface area contributed by atoms with Gasteiger partial charge in [0.05, 0.1) is 0 Å². The van der Waals surface area contributed by atoms with E-state index in [0.29, 0.717) is 6.04 Å². The average Bonchev–Trinajstić information content (AvgIpc) is 2.22. The van der Waals surface area contributed by atoms with Crippen LogP contribution in [0.5, 0.6) is 0 Å². The molecule has 1 aliphatic rings. The van der Waals surface area contributed by atoms with E-state index in [1.807, 2.05) is 12.4 Å². The first-order chi connectivity index (χ1) is 7.25. The summed E-state index contributed by atoms with van der Waals surface area (Å²) in [7, 11) is 0. The van der Waals surface area contributed by atoms with Crippen LogP contribution in [0.1, 0.15) is 24.0 Å². The smallest absolute Gasteiger partial charge is 0.0300 e. The Morgan fingerprint density at radius 1 is 1.60 bits per heavy atom. The lowest BCUT2D eigenvalue weighted by Crippen LogP contribution is -2.42. The second kappa shape index (κ2) is 4.73. The molecule has 2 rings (SSSR count). The first-order valence-corrected chi connectivity index (χ1v) is 5.63. The summed E-state index contributed by atoms with van der Waals surface area (Å²) >= 11 is 0. The van der Waals surface area contributed by atoms with Gasteiger partial charge < -0.3 is 5.73 Å². The van der Waals surface area contributed by atoms with Gasteiger partial charge in [0, 0.05) is 31.5 Å². The topological polar surface area (TPSA) is 42.2 Å². The van der Waals surface area contributed by atoms with Crippen LogP contribution >= 0.6 is 0 Å². The van der Waals surface area contributed by atoms with Crippen LogP contribution in [0.25, 0.3) is 0 Å². The van der Waals surface area contributed by atoms with Crippen LogP contribution < -0.4 is 5.73 Å². The molecule has 2 heterocycles. The van der Waals surface area contributed by atoms with Crippen LogP contribution in [-0.4, -0.2) is 29.0 Å². The monoisotopic (exact) mass is 205 g/mol. The summed E-state index contributed by atoms with van der Waals surface area (Å²) in [4.78, 5) is 6.55. The van der Waals surface area contributed by atoms with Crippen molar-refractivity contribution >= 4 is 0 Å². The van der Waals surface area contributed by atoms with Crippen LogP contribution in [-0.2, 0) is 6.54 Å². The highest BCUT2D eigenvalue weighted by Crippen LogP contribution is 2.14. The van der Waals surface area contributed by atoms with E-state index in [2.05, 4.69) is 22.9 Å². The van der Waals surface area contributed by atoms with E-state index in [-0.39, 0.29) is 0 Å². The molecule has 1 aromatic heterocycles. The molecule has 1 saturated heterocycles. The number of piperidine rings is 1. The minimum Gasteiger partial charge on any atom is -0.327 e. The molecule has 82 valence electrons. The Labute approximate surface area is 91.3 Å². The van der Waals surface area contributed by atoms with Crippen LogP contribution in [0, 0.1) is 6.92 Å². The molecule has 0 radical (unpaired) electrons. The van der Waals surface area contributed by atoms with E-state index < -0.39 is 0 Å². The van der Waals surface area contributed by atoms with E-state index in [0.717, 1.165) is 13.1 Å². The SMILES string of the molecule is Cc1cnccc1CN1CCCC(N)C1. The molecule has 1 aromatic rings. The fourth-order valence-corrected chi connectivity index (χ4v) is 2.16. The third-order valence-electron chi connectivity index (χ3n) is 3.07. The van der Waals surface area contributed by atoms with Gasteiger partial charge in [-0.25, -0.2) is 0 Å². The van der Waals surface area contributed by atoms with Crippen LogP contribution in [0.2, 0.25) is 0 Å². The molecular formula is C12H19N3. The largest absolute Gasteiger partial charge is 0.327 e. The maximum Gasteiger partial charge on any atom is 0.0300 e. The molecule has 0 bridgehead atoms. The molecule has 0 spiro atoms. The zero-order chi connectivity index (χ0) is 10.7. The molecule has 1 atom stereocenters. The van der Waals surface area contributed by atoms with E-state index >= 15 is 0 Å². The number of pyridine rings is 1. The van der Waals surface area contributed by atoms with Crippen molar-refractivity contribution in [2.45, 2.75) is 32.4 Å². The summed E-state index contributed by atoms with van der Waals surface area (Å²) in [6, 6.07) is 2.47. The summed E-state index contributed by atoms with van der Waals surface area (Å²) in [5.74, 6) is 0. The standard InChI is InChI=1S/C12H19N3/c1-10-7-14-5-4-11(10)8-15-6-2-3-12(13)9-15/h4-5,7,12H,2-3,6,8-9,13H2,1H3. The number of hydrogen-bond donors (Lipinski definition) is 1. The maximum atomic E-state index is 5.96. The van der Waals surface area contributed by atoms with Crippen molar-refractivity contribution in [2.75, 3.05) is 13.1 Å². The highest BCUT2D eigenvalue weighted by atomic mass is 15.1. The predicted octanol–water partition coefficient (Wildman–Crippen LogP) is 1.31. The predicted molar refractivity (Wildman–Crippen MR) is 61.5 cm³/mol. The molecule has 0 aliphatic carbocycles. The Morgan fingerprint density at radius 3 is 3.20 bits per heavy atom. The number of nitrogens with zero attached hydrogens (tertiary/aromatic N) is 2. The summed E-state index contributed by atoms with van der Waals surface area (Å²) in [5, 5.41) is 0. The van der Waals surface area contributed by atoms with E-state index in [1.54, 1.807) is 0 Å². The van der Waals surface area contributed by atoms with Crippen molar-refractivity contribution < 1.29 is 0 Å². The Bertz CT molecular complexity index is 324. The number of likely N-dealkylation sites (tertiary alicyclic amines) is 1. The number of aryl methyl sites for hydroxylation is 1. The van der Waals surface area contributed by atoms with Gasteiger partial charge in [-0.2, -0.15) is 0 Å².